The molecule has 6 nitrogen and oxygen atoms in total. The van der Waals surface area contributed by atoms with Crippen molar-refractivity contribution in [3.05, 3.63) is 34.8 Å². The third kappa shape index (κ3) is 4.88. The summed E-state index contributed by atoms with van der Waals surface area (Å²) in [7, 11) is 1.64. The van der Waals surface area contributed by atoms with E-state index in [-0.39, 0.29) is 5.28 Å². The van der Waals surface area contributed by atoms with Crippen molar-refractivity contribution in [3.8, 4) is 17.0 Å². The van der Waals surface area contributed by atoms with Crippen LogP contribution >= 0.6 is 23.2 Å². The summed E-state index contributed by atoms with van der Waals surface area (Å²) in [6, 6.07) is 5.56. The van der Waals surface area contributed by atoms with Gasteiger partial charge < -0.3 is 14.0 Å². The summed E-state index contributed by atoms with van der Waals surface area (Å²) in [4.78, 5) is 13.4. The van der Waals surface area contributed by atoms with E-state index in [0.717, 1.165) is 23.5 Å². The van der Waals surface area contributed by atoms with Gasteiger partial charge >= 0.3 is 0 Å². The third-order valence-electron chi connectivity index (χ3n) is 5.74. The predicted octanol–water partition coefficient (Wildman–Crippen LogP) is 5.65. The summed E-state index contributed by atoms with van der Waals surface area (Å²) in [6.45, 7) is 4.17. The molecule has 0 spiro atoms. The number of aromatic nitrogens is 4. The highest BCUT2D eigenvalue weighted by atomic mass is 35.5. The zero-order chi connectivity index (χ0) is 21.1. The van der Waals surface area contributed by atoms with E-state index in [1.54, 1.807) is 13.2 Å². The van der Waals surface area contributed by atoms with Crippen LogP contribution in [0.15, 0.2) is 24.5 Å². The van der Waals surface area contributed by atoms with Crippen LogP contribution in [-0.2, 0) is 11.3 Å². The van der Waals surface area contributed by atoms with Crippen molar-refractivity contribution in [2.45, 2.75) is 39.2 Å². The summed E-state index contributed by atoms with van der Waals surface area (Å²) in [6.07, 6.45) is 6.88. The van der Waals surface area contributed by atoms with E-state index in [1.165, 1.54) is 25.7 Å². The Bertz CT molecular complexity index is 1020. The van der Waals surface area contributed by atoms with Crippen molar-refractivity contribution < 1.29 is 9.47 Å². The van der Waals surface area contributed by atoms with Crippen LogP contribution < -0.4 is 4.74 Å². The van der Waals surface area contributed by atoms with E-state index < -0.39 is 0 Å². The Morgan fingerprint density at radius 2 is 1.87 bits per heavy atom. The highest BCUT2D eigenvalue weighted by Crippen LogP contribution is 2.34. The minimum Gasteiger partial charge on any atom is -0.491 e. The summed E-state index contributed by atoms with van der Waals surface area (Å²) in [5, 5.41) is 0.728. The molecule has 0 unspecified atom stereocenters. The number of imidazole rings is 1. The molecular weight excluding hydrogens is 423 g/mol. The van der Waals surface area contributed by atoms with Gasteiger partial charge in [0.1, 0.15) is 23.6 Å². The fraction of sp³-hybridized carbons (Fsp3) is 0.500. The highest BCUT2D eigenvalue weighted by molar-refractivity contribution is 6.31. The Hall–Kier alpha value is -1.89. The first-order valence-corrected chi connectivity index (χ1v) is 11.1. The number of benzene rings is 1. The second-order valence-electron chi connectivity index (χ2n) is 8.05. The number of ether oxygens (including phenoxy) is 2. The Labute approximate surface area is 186 Å². The van der Waals surface area contributed by atoms with Crippen LogP contribution in [0.25, 0.3) is 22.4 Å². The van der Waals surface area contributed by atoms with Crippen molar-refractivity contribution in [3.63, 3.8) is 0 Å². The Morgan fingerprint density at radius 1 is 1.07 bits per heavy atom. The van der Waals surface area contributed by atoms with Crippen molar-refractivity contribution in [1.82, 2.24) is 19.5 Å². The molecular formula is C22H26Cl2N4O2. The number of hydrogen-bond acceptors (Lipinski definition) is 5. The maximum atomic E-state index is 6.38. The standard InChI is InChI=1S/C22H26Cl2N4O2/c1-14-3-5-15(6-4-14)12-28-13-25-21-20(28)19(26-22(24)27-21)16-9-17(23)11-18(10-16)30-8-7-29-2/h9-11,13-15H,3-8,12H2,1-2H3. The largest absolute Gasteiger partial charge is 0.491 e. The second kappa shape index (κ2) is 9.50. The number of halogens is 2. The van der Waals surface area contributed by atoms with Crippen molar-refractivity contribution in [2.75, 3.05) is 20.3 Å². The van der Waals surface area contributed by atoms with Crippen LogP contribution in [0.5, 0.6) is 5.75 Å². The van der Waals surface area contributed by atoms with E-state index in [1.807, 2.05) is 18.5 Å². The van der Waals surface area contributed by atoms with Gasteiger partial charge in [0.15, 0.2) is 5.65 Å². The number of nitrogens with zero attached hydrogens (tertiary/aromatic N) is 4. The van der Waals surface area contributed by atoms with Gasteiger partial charge in [-0.15, -0.1) is 0 Å². The lowest BCUT2D eigenvalue weighted by atomic mass is 9.83. The molecule has 8 heteroatoms. The van der Waals surface area contributed by atoms with Gasteiger partial charge in [0.2, 0.25) is 5.28 Å². The van der Waals surface area contributed by atoms with Gasteiger partial charge in [0.25, 0.3) is 0 Å². The molecule has 0 atom stereocenters. The fourth-order valence-corrected chi connectivity index (χ4v) is 4.50. The van der Waals surface area contributed by atoms with Gasteiger partial charge in [0, 0.05) is 24.2 Å². The van der Waals surface area contributed by atoms with Gasteiger partial charge in [-0.05, 0) is 54.5 Å². The van der Waals surface area contributed by atoms with E-state index in [2.05, 4.69) is 26.4 Å². The van der Waals surface area contributed by atoms with Crippen LogP contribution in [0, 0.1) is 11.8 Å². The number of hydrogen-bond donors (Lipinski definition) is 0. The maximum absolute atomic E-state index is 6.38. The molecule has 3 aromatic rings. The normalized spacial score (nSPS) is 19.3. The molecule has 1 aliphatic carbocycles. The first-order chi connectivity index (χ1) is 14.5. The molecule has 2 heterocycles. The van der Waals surface area contributed by atoms with Crippen molar-refractivity contribution in [1.29, 1.82) is 0 Å². The molecule has 4 rings (SSSR count). The quantitative estimate of drug-likeness (QED) is 0.345. The molecule has 0 saturated heterocycles. The second-order valence-corrected chi connectivity index (χ2v) is 8.83. The van der Waals surface area contributed by atoms with Crippen LogP contribution in [0.1, 0.15) is 32.6 Å². The van der Waals surface area contributed by atoms with Gasteiger partial charge in [-0.2, -0.15) is 4.98 Å². The van der Waals surface area contributed by atoms with E-state index >= 15 is 0 Å². The Kier molecular flexibility index (Phi) is 6.76. The zero-order valence-corrected chi connectivity index (χ0v) is 18.8. The number of fused-ring (bicyclic) bond motifs is 1. The molecule has 0 N–H and O–H groups in total. The average molecular weight is 449 g/mol. The SMILES string of the molecule is COCCOc1cc(Cl)cc(-c2nc(Cl)nc3ncn(CC4CCC(C)CC4)c23)c1. The topological polar surface area (TPSA) is 62.1 Å². The summed E-state index contributed by atoms with van der Waals surface area (Å²) < 4.78 is 13.0. The minimum atomic E-state index is 0.163. The van der Waals surface area contributed by atoms with E-state index in [4.69, 9.17) is 32.7 Å². The molecule has 0 amide bonds. The number of rotatable bonds is 7. The lowest BCUT2D eigenvalue weighted by Gasteiger charge is -2.26. The first-order valence-electron chi connectivity index (χ1n) is 10.3. The summed E-state index contributed by atoms with van der Waals surface area (Å²) >= 11 is 12.6. The fourth-order valence-electron chi connectivity index (χ4n) is 4.11. The Morgan fingerprint density at radius 3 is 2.63 bits per heavy atom. The van der Waals surface area contributed by atoms with Gasteiger partial charge in [-0.25, -0.2) is 9.97 Å². The van der Waals surface area contributed by atoms with Crippen LogP contribution in [0.4, 0.5) is 0 Å². The predicted molar refractivity (Wildman–Crippen MR) is 119 cm³/mol. The molecule has 0 radical (unpaired) electrons. The maximum Gasteiger partial charge on any atom is 0.225 e. The molecule has 1 aliphatic rings. The monoisotopic (exact) mass is 448 g/mol. The third-order valence-corrected chi connectivity index (χ3v) is 6.12. The van der Waals surface area contributed by atoms with Crippen LogP contribution in [-0.4, -0.2) is 39.8 Å². The minimum absolute atomic E-state index is 0.163. The van der Waals surface area contributed by atoms with E-state index in [9.17, 15) is 0 Å². The average Bonchev–Trinajstić information content (AvgIpc) is 3.11. The smallest absolute Gasteiger partial charge is 0.225 e. The Balaban J connectivity index is 1.70. The van der Waals surface area contributed by atoms with Gasteiger partial charge in [-0.1, -0.05) is 31.4 Å². The van der Waals surface area contributed by atoms with Crippen LogP contribution in [0.3, 0.4) is 0 Å². The molecule has 0 aliphatic heterocycles. The first kappa shape index (κ1) is 21.3. The molecule has 0 bridgehead atoms. The molecule has 30 heavy (non-hydrogen) atoms. The number of methoxy groups -OCH3 is 1. The zero-order valence-electron chi connectivity index (χ0n) is 17.3. The van der Waals surface area contributed by atoms with Crippen molar-refractivity contribution in [2.24, 2.45) is 11.8 Å². The lowest BCUT2D eigenvalue weighted by Crippen LogP contribution is -2.17. The van der Waals surface area contributed by atoms with Gasteiger partial charge in [0.05, 0.1) is 12.9 Å². The summed E-state index contributed by atoms with van der Waals surface area (Å²) in [5.41, 5.74) is 3.01. The highest BCUT2D eigenvalue weighted by Gasteiger charge is 2.21. The molecule has 160 valence electrons. The van der Waals surface area contributed by atoms with Crippen LogP contribution in [0.2, 0.25) is 10.3 Å². The van der Waals surface area contributed by atoms with E-state index in [0.29, 0.717) is 41.2 Å². The molecule has 1 saturated carbocycles. The molecule has 2 aromatic heterocycles. The van der Waals surface area contributed by atoms with Crippen molar-refractivity contribution >= 4 is 34.4 Å². The summed E-state index contributed by atoms with van der Waals surface area (Å²) in [5.74, 6) is 2.11. The molecule has 1 aromatic carbocycles. The van der Waals surface area contributed by atoms with Gasteiger partial charge in [-0.3, -0.25) is 0 Å². The molecule has 1 fully saturated rings. The lowest BCUT2D eigenvalue weighted by molar-refractivity contribution is 0.146.